The Morgan fingerprint density at radius 1 is 1.43 bits per heavy atom. The van der Waals surface area contributed by atoms with E-state index in [0.717, 1.165) is 17.8 Å². The maximum atomic E-state index is 13.0. The van der Waals surface area contributed by atoms with Crippen molar-refractivity contribution in [3.05, 3.63) is 29.3 Å². The Labute approximate surface area is 134 Å². The molecule has 1 aliphatic rings. The van der Waals surface area contributed by atoms with Crippen LogP contribution in [-0.2, 0) is 11.0 Å². The molecule has 0 aliphatic carbocycles. The number of thioether (sulfide) groups is 1. The molecule has 5 nitrogen and oxygen atoms in total. The van der Waals surface area contributed by atoms with Gasteiger partial charge in [0.2, 0.25) is 5.91 Å². The van der Waals surface area contributed by atoms with Crippen molar-refractivity contribution in [2.75, 3.05) is 17.6 Å². The van der Waals surface area contributed by atoms with Crippen LogP contribution in [0.1, 0.15) is 18.1 Å². The van der Waals surface area contributed by atoms with Crippen LogP contribution < -0.4 is 5.32 Å². The van der Waals surface area contributed by atoms with E-state index >= 15 is 0 Å². The fourth-order valence-corrected chi connectivity index (χ4v) is 3.03. The van der Waals surface area contributed by atoms with Crippen molar-refractivity contribution in [2.24, 2.45) is 4.99 Å². The summed E-state index contributed by atoms with van der Waals surface area (Å²) in [4.78, 5) is 28.5. The molecule has 1 aromatic carbocycles. The zero-order valence-corrected chi connectivity index (χ0v) is 13.2. The quantitative estimate of drug-likeness (QED) is 0.892. The Hall–Kier alpha value is -2.03. The number of carbonyl (C=O) groups excluding carboxylic acids is 2. The van der Waals surface area contributed by atoms with Gasteiger partial charge in [0.25, 0.3) is 0 Å². The van der Waals surface area contributed by atoms with Crippen LogP contribution in [-0.4, -0.2) is 34.3 Å². The third kappa shape index (κ3) is 3.84. The highest BCUT2D eigenvalue weighted by molar-refractivity contribution is 8.15. The average molecular weight is 345 g/mol. The van der Waals surface area contributed by atoms with E-state index in [4.69, 9.17) is 0 Å². The highest BCUT2D eigenvalue weighted by Crippen LogP contribution is 2.36. The summed E-state index contributed by atoms with van der Waals surface area (Å²) in [6.07, 6.45) is -4.59. The molecule has 0 radical (unpaired) electrons. The van der Waals surface area contributed by atoms with Crippen molar-refractivity contribution < 1.29 is 22.8 Å². The summed E-state index contributed by atoms with van der Waals surface area (Å²) in [6, 6.07) is 2.68. The van der Waals surface area contributed by atoms with Crippen LogP contribution in [0.5, 0.6) is 0 Å². The summed E-state index contributed by atoms with van der Waals surface area (Å²) >= 11 is 1.08. The van der Waals surface area contributed by atoms with Gasteiger partial charge >= 0.3 is 12.2 Å². The number of halogens is 3. The molecule has 1 N–H and O–H groups in total. The number of aliphatic imine (C=N–C) groups is 1. The molecule has 1 aliphatic heterocycles. The van der Waals surface area contributed by atoms with E-state index in [0.29, 0.717) is 6.54 Å². The van der Waals surface area contributed by atoms with Crippen LogP contribution in [0.3, 0.4) is 0 Å². The Balaban J connectivity index is 2.27. The van der Waals surface area contributed by atoms with Gasteiger partial charge in [-0.15, -0.1) is 0 Å². The maximum Gasteiger partial charge on any atom is 0.418 e. The minimum Gasteiger partial charge on any atom is -0.305 e. The lowest BCUT2D eigenvalue weighted by Gasteiger charge is -2.16. The van der Waals surface area contributed by atoms with Gasteiger partial charge < -0.3 is 5.32 Å². The number of aryl methyl sites for hydroxylation is 1. The van der Waals surface area contributed by atoms with Crippen LogP contribution in [0, 0.1) is 6.92 Å². The molecule has 0 atom stereocenters. The summed E-state index contributed by atoms with van der Waals surface area (Å²) in [7, 11) is 0. The molecule has 0 spiro atoms. The number of rotatable bonds is 2. The molecule has 0 unspecified atom stereocenters. The lowest BCUT2D eigenvalue weighted by molar-refractivity contribution is -0.137. The second kappa shape index (κ2) is 6.61. The minimum absolute atomic E-state index is 0.165. The number of para-hydroxylation sites is 1. The van der Waals surface area contributed by atoms with Gasteiger partial charge in [-0.05, 0) is 25.5 Å². The highest BCUT2D eigenvalue weighted by Gasteiger charge is 2.34. The first-order valence-corrected chi connectivity index (χ1v) is 7.72. The smallest absolute Gasteiger partial charge is 0.305 e. The molecule has 1 aromatic rings. The standard InChI is InChI=1S/C14H14F3N3O2S/c1-3-20-10(21)7-23-13(20)19-12(22)18-11-8(2)5-4-6-9(11)14(15,16)17/h4-6H,3,7H2,1-2H3,(H,18,22). The second-order valence-corrected chi connectivity index (χ2v) is 5.69. The maximum absolute atomic E-state index is 13.0. The van der Waals surface area contributed by atoms with Gasteiger partial charge in [0.05, 0.1) is 17.0 Å². The van der Waals surface area contributed by atoms with Crippen molar-refractivity contribution in [3.8, 4) is 0 Å². The van der Waals surface area contributed by atoms with Gasteiger partial charge in [-0.1, -0.05) is 23.9 Å². The molecule has 2 rings (SSSR count). The van der Waals surface area contributed by atoms with E-state index in [1.165, 1.54) is 24.0 Å². The van der Waals surface area contributed by atoms with E-state index in [2.05, 4.69) is 10.3 Å². The van der Waals surface area contributed by atoms with Crippen molar-refractivity contribution >= 4 is 34.6 Å². The highest BCUT2D eigenvalue weighted by atomic mass is 32.2. The molecular formula is C14H14F3N3O2S. The lowest BCUT2D eigenvalue weighted by Crippen LogP contribution is -2.30. The lowest BCUT2D eigenvalue weighted by atomic mass is 10.1. The van der Waals surface area contributed by atoms with Gasteiger partial charge in [0.1, 0.15) is 0 Å². The molecule has 124 valence electrons. The zero-order chi connectivity index (χ0) is 17.2. The summed E-state index contributed by atoms with van der Waals surface area (Å²) in [6.45, 7) is 3.53. The Bertz CT molecular complexity index is 674. The van der Waals surface area contributed by atoms with Gasteiger partial charge in [-0.3, -0.25) is 9.69 Å². The van der Waals surface area contributed by atoms with E-state index in [-0.39, 0.29) is 28.1 Å². The normalized spacial score (nSPS) is 17.0. The fourth-order valence-electron chi connectivity index (χ4n) is 2.08. The SMILES string of the molecule is CCN1C(=O)CSC1=NC(=O)Nc1c(C)cccc1C(F)(F)F. The third-order valence-electron chi connectivity index (χ3n) is 3.18. The van der Waals surface area contributed by atoms with E-state index in [1.54, 1.807) is 6.92 Å². The fraction of sp³-hybridized carbons (Fsp3) is 0.357. The van der Waals surface area contributed by atoms with Crippen LogP contribution in [0.15, 0.2) is 23.2 Å². The van der Waals surface area contributed by atoms with Crippen LogP contribution >= 0.6 is 11.8 Å². The first-order chi connectivity index (χ1) is 10.7. The predicted octanol–water partition coefficient (Wildman–Crippen LogP) is 3.50. The van der Waals surface area contributed by atoms with Crippen LogP contribution in [0.4, 0.5) is 23.7 Å². The van der Waals surface area contributed by atoms with Gasteiger partial charge in [0.15, 0.2) is 5.17 Å². The largest absolute Gasteiger partial charge is 0.418 e. The molecule has 0 bridgehead atoms. The van der Waals surface area contributed by atoms with E-state index < -0.39 is 17.8 Å². The molecule has 1 saturated heterocycles. The van der Waals surface area contributed by atoms with Crippen molar-refractivity contribution in [2.45, 2.75) is 20.0 Å². The Kier molecular flexibility index (Phi) is 4.98. The molecule has 1 fully saturated rings. The van der Waals surface area contributed by atoms with Gasteiger partial charge in [-0.25, -0.2) is 4.79 Å². The van der Waals surface area contributed by atoms with Crippen molar-refractivity contribution in [1.82, 2.24) is 4.90 Å². The number of nitrogens with zero attached hydrogens (tertiary/aromatic N) is 2. The van der Waals surface area contributed by atoms with Crippen LogP contribution in [0.25, 0.3) is 0 Å². The number of amides is 3. The first-order valence-electron chi connectivity index (χ1n) is 6.73. The molecule has 9 heteroatoms. The molecule has 0 saturated carbocycles. The second-order valence-electron chi connectivity index (χ2n) is 4.75. The van der Waals surface area contributed by atoms with Gasteiger partial charge in [-0.2, -0.15) is 18.2 Å². The third-order valence-corrected chi connectivity index (χ3v) is 4.14. The number of nitrogens with one attached hydrogen (secondary N) is 1. The Morgan fingerprint density at radius 3 is 2.74 bits per heavy atom. The number of hydrogen-bond acceptors (Lipinski definition) is 3. The number of carbonyl (C=O) groups is 2. The number of amidine groups is 1. The summed E-state index contributed by atoms with van der Waals surface area (Å²) in [5, 5.41) is 2.37. The Morgan fingerprint density at radius 2 is 2.13 bits per heavy atom. The average Bonchev–Trinajstić information content (AvgIpc) is 2.79. The number of benzene rings is 1. The molecule has 3 amide bonds. The first kappa shape index (κ1) is 17.3. The van der Waals surface area contributed by atoms with Crippen molar-refractivity contribution in [1.29, 1.82) is 0 Å². The van der Waals surface area contributed by atoms with Crippen molar-refractivity contribution in [3.63, 3.8) is 0 Å². The molecule has 23 heavy (non-hydrogen) atoms. The topological polar surface area (TPSA) is 61.8 Å². The molecule has 0 aromatic heterocycles. The van der Waals surface area contributed by atoms with E-state index in [9.17, 15) is 22.8 Å². The monoisotopic (exact) mass is 345 g/mol. The zero-order valence-electron chi connectivity index (χ0n) is 12.4. The van der Waals surface area contributed by atoms with Gasteiger partial charge in [0, 0.05) is 6.54 Å². The van der Waals surface area contributed by atoms with Crippen LogP contribution in [0.2, 0.25) is 0 Å². The summed E-state index contributed by atoms with van der Waals surface area (Å²) < 4.78 is 39.0. The van der Waals surface area contributed by atoms with E-state index in [1.807, 2.05) is 0 Å². The number of alkyl halides is 3. The molecule has 1 heterocycles. The molecular weight excluding hydrogens is 331 g/mol. The number of urea groups is 1. The predicted molar refractivity (Wildman–Crippen MR) is 82.5 cm³/mol. The summed E-state index contributed by atoms with van der Waals surface area (Å²) in [5.74, 6) is -0.0195. The minimum atomic E-state index is -4.59. The number of hydrogen-bond donors (Lipinski definition) is 1. The summed E-state index contributed by atoms with van der Waals surface area (Å²) in [5.41, 5.74) is -0.990. The number of anilines is 1.